The fraction of sp³-hybridized carbons (Fsp3) is 0.273. The van der Waals surface area contributed by atoms with Gasteiger partial charge in [-0.15, -0.1) is 0 Å². The summed E-state index contributed by atoms with van der Waals surface area (Å²) in [7, 11) is 3.07. The number of benzene rings is 2. The van der Waals surface area contributed by atoms with E-state index in [9.17, 15) is 22.8 Å². The number of hydrogen-bond acceptors (Lipinski definition) is 6. The van der Waals surface area contributed by atoms with Crippen molar-refractivity contribution >= 4 is 16.9 Å². The van der Waals surface area contributed by atoms with Crippen molar-refractivity contribution in [2.45, 2.75) is 12.6 Å². The van der Waals surface area contributed by atoms with Crippen LogP contribution in [0.2, 0.25) is 0 Å². The Balaban J connectivity index is 1.57. The number of carbonyl (C=O) groups is 1. The molecule has 0 aliphatic heterocycles. The topological polar surface area (TPSA) is 87.0 Å². The van der Waals surface area contributed by atoms with Gasteiger partial charge in [0.1, 0.15) is 11.3 Å². The molecule has 1 heterocycles. The van der Waals surface area contributed by atoms with Crippen molar-refractivity contribution in [1.82, 2.24) is 5.32 Å². The highest BCUT2D eigenvalue weighted by atomic mass is 19.4. The summed E-state index contributed by atoms with van der Waals surface area (Å²) in [4.78, 5) is 23.5. The maximum atomic E-state index is 13.1. The minimum atomic E-state index is -4.70. The predicted octanol–water partition coefficient (Wildman–Crippen LogP) is 3.57. The molecule has 0 aliphatic rings. The third-order valence-electron chi connectivity index (χ3n) is 4.58. The average molecular weight is 451 g/mol. The van der Waals surface area contributed by atoms with Crippen LogP contribution in [0.25, 0.3) is 11.0 Å². The number of hydrogen-bond donors (Lipinski definition) is 1. The average Bonchev–Trinajstić information content (AvgIpc) is 2.76. The molecule has 0 atom stereocenters. The molecule has 0 fully saturated rings. The molecular weight excluding hydrogens is 431 g/mol. The number of halogens is 3. The normalized spacial score (nSPS) is 11.3. The molecule has 0 radical (unpaired) electrons. The van der Waals surface area contributed by atoms with E-state index in [-0.39, 0.29) is 23.3 Å². The standard InChI is InChI=1S/C22H20F3NO6/c1-29-17-6-3-13(9-19(17)30-2)7-8-26-20(27)12-31-14-4-5-15-16(22(23,24)25)11-21(28)32-18(15)10-14/h3-6,9-11H,7-8,12H2,1-2H3,(H,26,27). The van der Waals surface area contributed by atoms with Gasteiger partial charge in [-0.05, 0) is 36.2 Å². The molecule has 0 unspecified atom stereocenters. The van der Waals surface area contributed by atoms with Crippen LogP contribution in [-0.4, -0.2) is 33.3 Å². The Morgan fingerprint density at radius 1 is 1.03 bits per heavy atom. The van der Waals surface area contributed by atoms with Crippen molar-refractivity contribution in [2.75, 3.05) is 27.4 Å². The van der Waals surface area contributed by atoms with Gasteiger partial charge >= 0.3 is 11.8 Å². The number of nitrogens with one attached hydrogen (secondary N) is 1. The second kappa shape index (κ2) is 9.63. The number of carbonyl (C=O) groups excluding carboxylic acids is 1. The van der Waals surface area contributed by atoms with Crippen LogP contribution in [0.4, 0.5) is 13.2 Å². The first-order valence-corrected chi connectivity index (χ1v) is 9.47. The van der Waals surface area contributed by atoms with Crippen molar-refractivity contribution in [3.05, 3.63) is 64.0 Å². The Kier molecular flexibility index (Phi) is 6.92. The number of amides is 1. The second-order valence-electron chi connectivity index (χ2n) is 6.71. The fourth-order valence-corrected chi connectivity index (χ4v) is 3.05. The van der Waals surface area contributed by atoms with Gasteiger partial charge in [-0.1, -0.05) is 6.07 Å². The van der Waals surface area contributed by atoms with Crippen LogP contribution in [0.1, 0.15) is 11.1 Å². The van der Waals surface area contributed by atoms with E-state index in [1.54, 1.807) is 12.1 Å². The lowest BCUT2D eigenvalue weighted by Crippen LogP contribution is -2.30. The summed E-state index contributed by atoms with van der Waals surface area (Å²) in [5.74, 6) is 0.852. The zero-order valence-corrected chi connectivity index (χ0v) is 17.2. The van der Waals surface area contributed by atoms with E-state index in [0.29, 0.717) is 30.5 Å². The third-order valence-corrected chi connectivity index (χ3v) is 4.58. The van der Waals surface area contributed by atoms with Gasteiger partial charge in [0.05, 0.1) is 19.8 Å². The van der Waals surface area contributed by atoms with Gasteiger partial charge in [0.2, 0.25) is 0 Å². The fourth-order valence-electron chi connectivity index (χ4n) is 3.05. The van der Waals surface area contributed by atoms with Crippen molar-refractivity contribution in [3.8, 4) is 17.2 Å². The second-order valence-corrected chi connectivity index (χ2v) is 6.71. The lowest BCUT2D eigenvalue weighted by atomic mass is 10.1. The first-order valence-electron chi connectivity index (χ1n) is 9.47. The van der Waals surface area contributed by atoms with Gasteiger partial charge in [0.25, 0.3) is 5.91 Å². The summed E-state index contributed by atoms with van der Waals surface area (Å²) in [6.45, 7) is -0.0279. The maximum Gasteiger partial charge on any atom is 0.417 e. The lowest BCUT2D eigenvalue weighted by molar-refractivity contribution is -0.136. The summed E-state index contributed by atoms with van der Waals surface area (Å²) in [5.41, 5.74) is -1.58. The Morgan fingerprint density at radius 3 is 2.47 bits per heavy atom. The van der Waals surface area contributed by atoms with Crippen molar-refractivity contribution in [2.24, 2.45) is 0 Å². The van der Waals surface area contributed by atoms with E-state index in [2.05, 4.69) is 5.32 Å². The third kappa shape index (κ3) is 5.51. The highest BCUT2D eigenvalue weighted by Gasteiger charge is 2.33. The molecule has 0 bridgehead atoms. The van der Waals surface area contributed by atoms with E-state index in [0.717, 1.165) is 17.7 Å². The van der Waals surface area contributed by atoms with Gasteiger partial charge in [-0.2, -0.15) is 13.2 Å². The molecule has 0 aliphatic carbocycles. The van der Waals surface area contributed by atoms with Crippen LogP contribution in [0.3, 0.4) is 0 Å². The molecule has 10 heteroatoms. The minimum absolute atomic E-state index is 0.0926. The van der Waals surface area contributed by atoms with Gasteiger partial charge in [0.15, 0.2) is 18.1 Å². The molecule has 1 aromatic heterocycles. The van der Waals surface area contributed by atoms with Crippen LogP contribution >= 0.6 is 0 Å². The van der Waals surface area contributed by atoms with Gasteiger partial charge < -0.3 is 23.9 Å². The van der Waals surface area contributed by atoms with Gasteiger partial charge in [-0.25, -0.2) is 4.79 Å². The Labute approximate surface area is 180 Å². The molecule has 32 heavy (non-hydrogen) atoms. The zero-order chi connectivity index (χ0) is 23.3. The molecule has 0 spiro atoms. The SMILES string of the molecule is COc1ccc(CCNC(=O)COc2ccc3c(C(F)(F)F)cc(=O)oc3c2)cc1OC. The molecule has 0 saturated carbocycles. The summed E-state index contributed by atoms with van der Waals surface area (Å²) >= 11 is 0. The Morgan fingerprint density at radius 2 is 1.78 bits per heavy atom. The Hall–Kier alpha value is -3.69. The lowest BCUT2D eigenvalue weighted by Gasteiger charge is -2.11. The summed E-state index contributed by atoms with van der Waals surface area (Å²) in [6.07, 6.45) is -4.17. The van der Waals surface area contributed by atoms with Crippen LogP contribution in [0.5, 0.6) is 17.2 Å². The minimum Gasteiger partial charge on any atom is -0.493 e. The van der Waals surface area contributed by atoms with Crippen LogP contribution in [0.15, 0.2) is 51.7 Å². The van der Waals surface area contributed by atoms with Crippen LogP contribution < -0.4 is 25.2 Å². The van der Waals surface area contributed by atoms with E-state index in [1.807, 2.05) is 6.07 Å². The molecule has 3 aromatic rings. The number of ether oxygens (including phenoxy) is 3. The summed E-state index contributed by atoms with van der Waals surface area (Å²) < 4.78 is 59.9. The number of rotatable bonds is 8. The summed E-state index contributed by atoms with van der Waals surface area (Å²) in [6, 6.07) is 9.36. The molecule has 0 saturated heterocycles. The van der Waals surface area contributed by atoms with E-state index in [4.69, 9.17) is 18.6 Å². The molecule has 170 valence electrons. The maximum absolute atomic E-state index is 13.1. The number of fused-ring (bicyclic) bond motifs is 1. The van der Waals surface area contributed by atoms with Crippen molar-refractivity contribution < 1.29 is 36.6 Å². The largest absolute Gasteiger partial charge is 0.493 e. The van der Waals surface area contributed by atoms with Crippen molar-refractivity contribution in [1.29, 1.82) is 0 Å². The van der Waals surface area contributed by atoms with Crippen LogP contribution in [0, 0.1) is 0 Å². The van der Waals surface area contributed by atoms with Gasteiger partial charge in [0, 0.05) is 24.1 Å². The first-order chi connectivity index (χ1) is 15.2. The highest BCUT2D eigenvalue weighted by molar-refractivity contribution is 5.82. The van der Waals surface area contributed by atoms with E-state index in [1.165, 1.54) is 20.3 Å². The molecular formula is C22H20F3NO6. The highest BCUT2D eigenvalue weighted by Crippen LogP contribution is 2.34. The van der Waals surface area contributed by atoms with Gasteiger partial charge in [-0.3, -0.25) is 4.79 Å². The van der Waals surface area contributed by atoms with Crippen LogP contribution in [-0.2, 0) is 17.4 Å². The quantitative estimate of drug-likeness (QED) is 0.527. The smallest absolute Gasteiger partial charge is 0.417 e. The zero-order valence-electron chi connectivity index (χ0n) is 17.2. The first kappa shape index (κ1) is 23.0. The van der Waals surface area contributed by atoms with E-state index >= 15 is 0 Å². The molecule has 1 N–H and O–H groups in total. The van der Waals surface area contributed by atoms with Crippen molar-refractivity contribution in [3.63, 3.8) is 0 Å². The van der Waals surface area contributed by atoms with E-state index < -0.39 is 23.3 Å². The summed E-state index contributed by atoms with van der Waals surface area (Å²) in [5, 5.41) is 2.41. The molecule has 3 rings (SSSR count). The molecule has 7 nitrogen and oxygen atoms in total. The predicted molar refractivity (Wildman–Crippen MR) is 109 cm³/mol. The monoisotopic (exact) mass is 451 g/mol. The molecule has 2 aromatic carbocycles. The Bertz CT molecular complexity index is 1170. The number of methoxy groups -OCH3 is 2. The number of alkyl halides is 3. The molecule has 1 amide bonds.